The number of rotatable bonds is 4. The van der Waals surface area contributed by atoms with Crippen molar-refractivity contribution < 1.29 is 9.21 Å². The standard InChI is InChI=1S/C19H24N2O2/c1-14-17(9-11-23-14)18(22)20-13-19(2,3)21-10-8-15-6-4-5-7-16(15)12-21/h4-7,9,11H,8,10,12-13H2,1-3H3,(H,20,22). The summed E-state index contributed by atoms with van der Waals surface area (Å²) in [6.07, 6.45) is 2.62. The van der Waals surface area contributed by atoms with Crippen LogP contribution in [0.2, 0.25) is 0 Å². The fourth-order valence-electron chi connectivity index (χ4n) is 3.14. The predicted molar refractivity (Wildman–Crippen MR) is 90.4 cm³/mol. The van der Waals surface area contributed by atoms with Crippen molar-refractivity contribution in [3.8, 4) is 0 Å². The number of carbonyl (C=O) groups is 1. The lowest BCUT2D eigenvalue weighted by Gasteiger charge is -2.41. The fraction of sp³-hybridized carbons (Fsp3) is 0.421. The largest absolute Gasteiger partial charge is 0.469 e. The van der Waals surface area contributed by atoms with E-state index in [1.54, 1.807) is 12.3 Å². The van der Waals surface area contributed by atoms with Gasteiger partial charge in [0.25, 0.3) is 5.91 Å². The molecule has 4 heteroatoms. The molecule has 1 aliphatic heterocycles. The summed E-state index contributed by atoms with van der Waals surface area (Å²) in [5.41, 5.74) is 3.35. The van der Waals surface area contributed by atoms with Crippen molar-refractivity contribution in [1.29, 1.82) is 0 Å². The van der Waals surface area contributed by atoms with E-state index in [0.29, 0.717) is 17.9 Å². The minimum Gasteiger partial charge on any atom is -0.469 e. The van der Waals surface area contributed by atoms with Gasteiger partial charge in [-0.05, 0) is 44.4 Å². The van der Waals surface area contributed by atoms with Crippen molar-refractivity contribution in [3.05, 3.63) is 59.0 Å². The predicted octanol–water partition coefficient (Wildman–Crippen LogP) is 3.15. The van der Waals surface area contributed by atoms with Gasteiger partial charge in [-0.3, -0.25) is 9.69 Å². The van der Waals surface area contributed by atoms with E-state index in [1.807, 2.05) is 6.92 Å². The second kappa shape index (κ2) is 6.20. The Kier molecular flexibility index (Phi) is 4.26. The van der Waals surface area contributed by atoms with Gasteiger partial charge < -0.3 is 9.73 Å². The number of aryl methyl sites for hydroxylation is 1. The smallest absolute Gasteiger partial charge is 0.254 e. The SMILES string of the molecule is Cc1occc1C(=O)NCC(C)(C)N1CCc2ccccc2C1. The quantitative estimate of drug-likeness (QED) is 0.943. The summed E-state index contributed by atoms with van der Waals surface area (Å²) in [7, 11) is 0. The van der Waals surface area contributed by atoms with Crippen LogP contribution in [0.15, 0.2) is 41.0 Å². The summed E-state index contributed by atoms with van der Waals surface area (Å²) in [5, 5.41) is 3.05. The molecule has 0 aliphatic carbocycles. The molecule has 2 aromatic rings. The van der Waals surface area contributed by atoms with E-state index in [4.69, 9.17) is 4.42 Å². The first-order valence-corrected chi connectivity index (χ1v) is 8.11. The molecule has 0 bridgehead atoms. The van der Waals surface area contributed by atoms with E-state index in [9.17, 15) is 4.79 Å². The van der Waals surface area contributed by atoms with E-state index in [1.165, 1.54) is 11.1 Å². The van der Waals surface area contributed by atoms with Gasteiger partial charge in [-0.2, -0.15) is 0 Å². The van der Waals surface area contributed by atoms with Crippen LogP contribution in [0, 0.1) is 6.92 Å². The van der Waals surface area contributed by atoms with Crippen LogP contribution in [0.4, 0.5) is 0 Å². The summed E-state index contributed by atoms with van der Waals surface area (Å²) in [5.74, 6) is 0.592. The Morgan fingerprint density at radius 2 is 2.00 bits per heavy atom. The van der Waals surface area contributed by atoms with Crippen molar-refractivity contribution in [3.63, 3.8) is 0 Å². The maximum absolute atomic E-state index is 12.3. The highest BCUT2D eigenvalue weighted by atomic mass is 16.3. The number of furan rings is 1. The third-order valence-electron chi connectivity index (χ3n) is 4.77. The highest BCUT2D eigenvalue weighted by molar-refractivity contribution is 5.95. The number of hydrogen-bond acceptors (Lipinski definition) is 3. The van der Waals surface area contributed by atoms with E-state index >= 15 is 0 Å². The molecule has 1 N–H and O–H groups in total. The third kappa shape index (κ3) is 3.32. The number of nitrogens with one attached hydrogen (secondary N) is 1. The molecule has 2 heterocycles. The van der Waals surface area contributed by atoms with Gasteiger partial charge in [0.05, 0.1) is 11.8 Å². The van der Waals surface area contributed by atoms with Crippen molar-refractivity contribution >= 4 is 5.91 Å². The lowest BCUT2D eigenvalue weighted by atomic mass is 9.94. The number of fused-ring (bicyclic) bond motifs is 1. The fourth-order valence-corrected chi connectivity index (χ4v) is 3.14. The van der Waals surface area contributed by atoms with E-state index < -0.39 is 0 Å². The van der Waals surface area contributed by atoms with Crippen LogP contribution < -0.4 is 5.32 Å². The van der Waals surface area contributed by atoms with E-state index in [0.717, 1.165) is 19.5 Å². The van der Waals surface area contributed by atoms with Gasteiger partial charge in [0.15, 0.2) is 0 Å². The van der Waals surface area contributed by atoms with Crippen LogP contribution in [0.1, 0.15) is 41.1 Å². The molecule has 0 saturated carbocycles. The Morgan fingerprint density at radius 3 is 2.70 bits per heavy atom. The van der Waals surface area contributed by atoms with Gasteiger partial charge >= 0.3 is 0 Å². The van der Waals surface area contributed by atoms with Crippen molar-refractivity contribution in [1.82, 2.24) is 10.2 Å². The Morgan fingerprint density at radius 1 is 1.26 bits per heavy atom. The minimum absolute atomic E-state index is 0.0678. The first kappa shape index (κ1) is 15.8. The number of benzene rings is 1. The molecular weight excluding hydrogens is 288 g/mol. The van der Waals surface area contributed by atoms with Crippen molar-refractivity contribution in [2.45, 2.75) is 39.3 Å². The Hall–Kier alpha value is -2.07. The molecule has 1 aliphatic rings. The zero-order chi connectivity index (χ0) is 16.4. The van der Waals surface area contributed by atoms with Crippen LogP contribution in [-0.2, 0) is 13.0 Å². The molecule has 3 rings (SSSR count). The zero-order valence-electron chi connectivity index (χ0n) is 14.1. The molecule has 0 unspecified atom stereocenters. The maximum Gasteiger partial charge on any atom is 0.254 e. The highest BCUT2D eigenvalue weighted by Crippen LogP contribution is 2.25. The average Bonchev–Trinajstić information content (AvgIpc) is 2.98. The second-order valence-electron chi connectivity index (χ2n) is 6.83. The average molecular weight is 312 g/mol. The number of hydrogen-bond donors (Lipinski definition) is 1. The molecule has 1 aromatic heterocycles. The molecule has 4 nitrogen and oxygen atoms in total. The normalized spacial score (nSPS) is 15.3. The van der Waals surface area contributed by atoms with Crippen LogP contribution in [-0.4, -0.2) is 29.4 Å². The Labute approximate surface area is 137 Å². The topological polar surface area (TPSA) is 45.5 Å². The lowest BCUT2D eigenvalue weighted by molar-refractivity contribution is 0.0825. The van der Waals surface area contributed by atoms with Gasteiger partial charge in [0, 0.05) is 25.2 Å². The molecule has 0 fully saturated rings. The van der Waals surface area contributed by atoms with E-state index in [2.05, 4.69) is 48.3 Å². The summed E-state index contributed by atoms with van der Waals surface area (Å²) in [4.78, 5) is 14.7. The van der Waals surface area contributed by atoms with Crippen LogP contribution in [0.5, 0.6) is 0 Å². The molecule has 1 amide bonds. The molecule has 0 atom stereocenters. The van der Waals surface area contributed by atoms with Crippen LogP contribution in [0.25, 0.3) is 0 Å². The van der Waals surface area contributed by atoms with Gasteiger partial charge in [-0.1, -0.05) is 24.3 Å². The molecule has 122 valence electrons. The maximum atomic E-state index is 12.3. The van der Waals surface area contributed by atoms with Crippen LogP contribution >= 0.6 is 0 Å². The molecule has 0 spiro atoms. The molecule has 0 radical (unpaired) electrons. The van der Waals surface area contributed by atoms with Crippen molar-refractivity contribution in [2.24, 2.45) is 0 Å². The summed E-state index contributed by atoms with van der Waals surface area (Å²) in [6, 6.07) is 10.3. The van der Waals surface area contributed by atoms with Gasteiger partial charge in [-0.25, -0.2) is 0 Å². The monoisotopic (exact) mass is 312 g/mol. The molecular formula is C19H24N2O2. The molecule has 0 saturated heterocycles. The van der Waals surface area contributed by atoms with Gasteiger partial charge in [0.2, 0.25) is 0 Å². The van der Waals surface area contributed by atoms with E-state index in [-0.39, 0.29) is 11.4 Å². The highest BCUT2D eigenvalue weighted by Gasteiger charge is 2.30. The van der Waals surface area contributed by atoms with Gasteiger partial charge in [-0.15, -0.1) is 0 Å². The Balaban J connectivity index is 1.63. The zero-order valence-corrected chi connectivity index (χ0v) is 14.1. The van der Waals surface area contributed by atoms with Crippen molar-refractivity contribution in [2.75, 3.05) is 13.1 Å². The summed E-state index contributed by atoms with van der Waals surface area (Å²) in [6.45, 7) is 8.74. The summed E-state index contributed by atoms with van der Waals surface area (Å²) < 4.78 is 5.20. The minimum atomic E-state index is -0.0964. The Bertz CT molecular complexity index is 703. The molecule has 23 heavy (non-hydrogen) atoms. The molecule has 1 aromatic carbocycles. The van der Waals surface area contributed by atoms with Gasteiger partial charge in [0.1, 0.15) is 5.76 Å². The number of carbonyl (C=O) groups excluding carboxylic acids is 1. The number of nitrogens with zero attached hydrogens (tertiary/aromatic N) is 1. The summed E-state index contributed by atoms with van der Waals surface area (Å²) >= 11 is 0. The second-order valence-corrected chi connectivity index (χ2v) is 6.83. The first-order chi connectivity index (χ1) is 11.0. The third-order valence-corrected chi connectivity index (χ3v) is 4.77. The lowest BCUT2D eigenvalue weighted by Crippen LogP contribution is -2.53. The first-order valence-electron chi connectivity index (χ1n) is 8.11. The number of amides is 1. The van der Waals surface area contributed by atoms with Crippen LogP contribution in [0.3, 0.4) is 0 Å².